The molecule has 0 aromatic carbocycles. The van der Waals surface area contributed by atoms with Gasteiger partial charge in [-0.05, 0) is 25.2 Å². The maximum atomic E-state index is 4.39. The lowest BCUT2D eigenvalue weighted by Gasteiger charge is -2.08. The van der Waals surface area contributed by atoms with E-state index in [0.717, 1.165) is 19.4 Å². The highest BCUT2D eigenvalue weighted by atomic mass is 15.4. The molecule has 3 nitrogen and oxygen atoms in total. The largest absolute Gasteiger partial charge is 0.249 e. The van der Waals surface area contributed by atoms with Gasteiger partial charge in [0.1, 0.15) is 0 Å². The molecule has 0 spiro atoms. The molecule has 0 aliphatic carbocycles. The van der Waals surface area contributed by atoms with Gasteiger partial charge in [0.15, 0.2) is 0 Å². The first kappa shape index (κ1) is 15.2. The maximum absolute atomic E-state index is 4.39. The Labute approximate surface area is 112 Å². The second-order valence-electron chi connectivity index (χ2n) is 5.61. The van der Waals surface area contributed by atoms with Gasteiger partial charge < -0.3 is 0 Å². The van der Waals surface area contributed by atoms with Gasteiger partial charge in [-0.1, -0.05) is 58.6 Å². The fourth-order valence-corrected chi connectivity index (χ4v) is 2.29. The molecule has 0 aliphatic heterocycles. The van der Waals surface area contributed by atoms with Crippen LogP contribution in [0.2, 0.25) is 0 Å². The van der Waals surface area contributed by atoms with Crippen molar-refractivity contribution >= 4 is 0 Å². The van der Waals surface area contributed by atoms with Gasteiger partial charge in [-0.3, -0.25) is 0 Å². The molecule has 0 N–H and O–H groups in total. The SMILES string of the molecule is CCCCCCn1nnc(CC(C)C)c1CCC. The van der Waals surface area contributed by atoms with E-state index in [1.54, 1.807) is 0 Å². The molecule has 0 saturated carbocycles. The summed E-state index contributed by atoms with van der Waals surface area (Å²) in [6, 6.07) is 0. The van der Waals surface area contributed by atoms with E-state index >= 15 is 0 Å². The highest BCUT2D eigenvalue weighted by molar-refractivity contribution is 5.11. The van der Waals surface area contributed by atoms with Crippen LogP contribution in [-0.2, 0) is 19.4 Å². The van der Waals surface area contributed by atoms with E-state index in [2.05, 4.69) is 42.7 Å². The van der Waals surface area contributed by atoms with Crippen LogP contribution in [0.1, 0.15) is 71.2 Å². The molecule has 0 aliphatic rings. The van der Waals surface area contributed by atoms with Crippen LogP contribution >= 0.6 is 0 Å². The van der Waals surface area contributed by atoms with Crippen LogP contribution in [0.25, 0.3) is 0 Å². The molecular formula is C15H29N3. The van der Waals surface area contributed by atoms with Crippen molar-refractivity contribution < 1.29 is 0 Å². The van der Waals surface area contributed by atoms with Crippen molar-refractivity contribution in [1.82, 2.24) is 15.0 Å². The van der Waals surface area contributed by atoms with Gasteiger partial charge in [-0.15, -0.1) is 5.10 Å². The van der Waals surface area contributed by atoms with E-state index in [1.807, 2.05) is 0 Å². The van der Waals surface area contributed by atoms with Crippen LogP contribution in [0.4, 0.5) is 0 Å². The van der Waals surface area contributed by atoms with E-state index < -0.39 is 0 Å². The van der Waals surface area contributed by atoms with E-state index in [4.69, 9.17) is 0 Å². The number of aromatic nitrogens is 3. The fourth-order valence-electron chi connectivity index (χ4n) is 2.29. The molecule has 0 amide bonds. The van der Waals surface area contributed by atoms with Crippen molar-refractivity contribution in [2.24, 2.45) is 5.92 Å². The van der Waals surface area contributed by atoms with Crippen LogP contribution in [-0.4, -0.2) is 15.0 Å². The standard InChI is InChI=1S/C15H29N3/c1-5-7-8-9-11-18-15(10-6-2)14(16-17-18)12-13(3)4/h13H,5-12H2,1-4H3. The smallest absolute Gasteiger partial charge is 0.0861 e. The van der Waals surface area contributed by atoms with Crippen molar-refractivity contribution in [3.8, 4) is 0 Å². The average molecular weight is 251 g/mol. The predicted molar refractivity (Wildman–Crippen MR) is 76.7 cm³/mol. The Bertz CT molecular complexity index is 328. The summed E-state index contributed by atoms with van der Waals surface area (Å²) in [7, 11) is 0. The zero-order chi connectivity index (χ0) is 13.4. The zero-order valence-electron chi connectivity index (χ0n) is 12.6. The molecule has 1 heterocycles. The molecule has 0 radical (unpaired) electrons. The first-order valence-corrected chi connectivity index (χ1v) is 7.60. The minimum Gasteiger partial charge on any atom is -0.249 e. The summed E-state index contributed by atoms with van der Waals surface area (Å²) in [5.74, 6) is 0.658. The van der Waals surface area contributed by atoms with Crippen LogP contribution in [0.3, 0.4) is 0 Å². The lowest BCUT2D eigenvalue weighted by atomic mass is 10.0. The summed E-state index contributed by atoms with van der Waals surface area (Å²) in [6.45, 7) is 10.0. The van der Waals surface area contributed by atoms with E-state index in [-0.39, 0.29) is 0 Å². The van der Waals surface area contributed by atoms with E-state index in [0.29, 0.717) is 5.92 Å². The van der Waals surface area contributed by atoms with Gasteiger partial charge >= 0.3 is 0 Å². The predicted octanol–water partition coefficient (Wildman–Crippen LogP) is 4.01. The molecule has 0 saturated heterocycles. The minimum atomic E-state index is 0.658. The second kappa shape index (κ2) is 8.28. The Kier molecular flexibility index (Phi) is 6.99. The maximum Gasteiger partial charge on any atom is 0.0861 e. The first-order chi connectivity index (χ1) is 8.69. The Morgan fingerprint density at radius 2 is 1.83 bits per heavy atom. The normalized spacial score (nSPS) is 11.4. The number of hydrogen-bond acceptors (Lipinski definition) is 2. The molecule has 0 bridgehead atoms. The summed E-state index contributed by atoms with van der Waals surface area (Å²) in [5.41, 5.74) is 2.60. The molecule has 18 heavy (non-hydrogen) atoms. The number of hydrogen-bond donors (Lipinski definition) is 0. The molecule has 0 atom stereocenters. The van der Waals surface area contributed by atoms with Crippen molar-refractivity contribution in [3.63, 3.8) is 0 Å². The van der Waals surface area contributed by atoms with Crippen molar-refractivity contribution in [2.45, 2.75) is 79.2 Å². The van der Waals surface area contributed by atoms with Crippen molar-refractivity contribution in [1.29, 1.82) is 0 Å². The van der Waals surface area contributed by atoms with Crippen LogP contribution in [0, 0.1) is 5.92 Å². The number of unbranched alkanes of at least 4 members (excludes halogenated alkanes) is 3. The Hall–Kier alpha value is -0.860. The third kappa shape index (κ3) is 4.79. The summed E-state index contributed by atoms with van der Waals surface area (Å²) < 4.78 is 2.15. The van der Waals surface area contributed by atoms with Crippen molar-refractivity contribution in [2.75, 3.05) is 0 Å². The van der Waals surface area contributed by atoms with Crippen LogP contribution in [0.15, 0.2) is 0 Å². The molecule has 0 unspecified atom stereocenters. The molecule has 0 fully saturated rings. The van der Waals surface area contributed by atoms with Crippen LogP contribution in [0.5, 0.6) is 0 Å². The Morgan fingerprint density at radius 1 is 1.06 bits per heavy atom. The molecule has 104 valence electrons. The highest BCUT2D eigenvalue weighted by Gasteiger charge is 2.12. The second-order valence-corrected chi connectivity index (χ2v) is 5.61. The molecule has 1 aromatic heterocycles. The summed E-state index contributed by atoms with van der Waals surface area (Å²) in [4.78, 5) is 0. The van der Waals surface area contributed by atoms with E-state index in [1.165, 1.54) is 43.5 Å². The van der Waals surface area contributed by atoms with Gasteiger partial charge in [0, 0.05) is 6.54 Å². The lowest BCUT2D eigenvalue weighted by molar-refractivity contribution is 0.510. The highest BCUT2D eigenvalue weighted by Crippen LogP contribution is 2.14. The number of nitrogens with zero attached hydrogens (tertiary/aromatic N) is 3. The third-order valence-corrected chi connectivity index (χ3v) is 3.23. The molecule has 1 aromatic rings. The first-order valence-electron chi connectivity index (χ1n) is 7.60. The number of rotatable bonds is 9. The fraction of sp³-hybridized carbons (Fsp3) is 0.867. The summed E-state index contributed by atoms with van der Waals surface area (Å²) in [5, 5.41) is 8.74. The van der Waals surface area contributed by atoms with Gasteiger partial charge in [-0.2, -0.15) is 0 Å². The topological polar surface area (TPSA) is 30.7 Å². The third-order valence-electron chi connectivity index (χ3n) is 3.23. The Morgan fingerprint density at radius 3 is 2.44 bits per heavy atom. The monoisotopic (exact) mass is 251 g/mol. The van der Waals surface area contributed by atoms with E-state index in [9.17, 15) is 0 Å². The van der Waals surface area contributed by atoms with Crippen molar-refractivity contribution in [3.05, 3.63) is 11.4 Å². The summed E-state index contributed by atoms with van der Waals surface area (Å²) >= 11 is 0. The average Bonchev–Trinajstić information content (AvgIpc) is 2.68. The molecule has 1 rings (SSSR count). The molecule has 3 heteroatoms. The number of aryl methyl sites for hydroxylation is 1. The van der Waals surface area contributed by atoms with Gasteiger partial charge in [0.2, 0.25) is 0 Å². The summed E-state index contributed by atoms with van der Waals surface area (Å²) in [6.07, 6.45) is 8.51. The molecular weight excluding hydrogens is 222 g/mol. The minimum absolute atomic E-state index is 0.658. The lowest BCUT2D eigenvalue weighted by Crippen LogP contribution is -2.07. The Balaban J connectivity index is 2.62. The quantitative estimate of drug-likeness (QED) is 0.621. The van der Waals surface area contributed by atoms with Gasteiger partial charge in [-0.25, -0.2) is 4.68 Å². The van der Waals surface area contributed by atoms with Gasteiger partial charge in [0.25, 0.3) is 0 Å². The van der Waals surface area contributed by atoms with Crippen LogP contribution < -0.4 is 0 Å². The van der Waals surface area contributed by atoms with Gasteiger partial charge in [0.05, 0.1) is 11.4 Å². The zero-order valence-corrected chi connectivity index (χ0v) is 12.6.